The molecule has 0 bridgehead atoms. The van der Waals surface area contributed by atoms with Crippen molar-refractivity contribution >= 4 is 55.5 Å². The van der Waals surface area contributed by atoms with Gasteiger partial charge in [-0.1, -0.05) is 45.8 Å². The average Bonchev–Trinajstić information content (AvgIpc) is 3.48. The predicted molar refractivity (Wildman–Crippen MR) is 144 cm³/mol. The Hall–Kier alpha value is -2.61. The van der Waals surface area contributed by atoms with E-state index >= 15 is 0 Å². The summed E-state index contributed by atoms with van der Waals surface area (Å²) in [5.74, 6) is 2.30. The molecule has 2 aliphatic carbocycles. The van der Waals surface area contributed by atoms with E-state index in [0.29, 0.717) is 21.5 Å². The third-order valence-corrected chi connectivity index (χ3v) is 9.37. The van der Waals surface area contributed by atoms with Crippen LogP contribution in [0.15, 0.2) is 41.2 Å². The number of aromatic nitrogens is 3. The molecule has 1 spiro atoms. The lowest BCUT2D eigenvalue weighted by molar-refractivity contribution is 0.277. The van der Waals surface area contributed by atoms with Gasteiger partial charge in [-0.25, -0.2) is 4.98 Å². The number of piperidine rings is 1. The first-order valence-corrected chi connectivity index (χ1v) is 13.8. The van der Waals surface area contributed by atoms with Crippen LogP contribution in [0, 0.1) is 5.41 Å². The molecular formula is C27H24Cl2N4O2S. The van der Waals surface area contributed by atoms with E-state index in [2.05, 4.69) is 27.2 Å². The number of hydrogen-bond donors (Lipinski definition) is 0. The van der Waals surface area contributed by atoms with Crippen molar-refractivity contribution in [2.24, 2.45) is 5.41 Å². The average molecular weight is 539 g/mol. The van der Waals surface area contributed by atoms with E-state index in [4.69, 9.17) is 37.4 Å². The number of thiazole rings is 1. The van der Waals surface area contributed by atoms with Gasteiger partial charge in [-0.2, -0.15) is 0 Å². The molecule has 4 aromatic rings. The molecule has 3 aliphatic rings. The number of anilines is 1. The number of benzene rings is 1. The molecule has 36 heavy (non-hydrogen) atoms. The number of fused-ring (bicyclic) bond motifs is 1. The highest BCUT2D eigenvalue weighted by atomic mass is 35.5. The Morgan fingerprint density at radius 2 is 1.86 bits per heavy atom. The second-order valence-corrected chi connectivity index (χ2v) is 11.9. The van der Waals surface area contributed by atoms with Crippen molar-refractivity contribution < 1.29 is 9.26 Å². The number of ether oxygens (including phenoxy) is 1. The summed E-state index contributed by atoms with van der Waals surface area (Å²) in [6, 6.07) is 6.08. The van der Waals surface area contributed by atoms with Gasteiger partial charge in [0.05, 0.1) is 27.4 Å². The first-order chi connectivity index (χ1) is 17.5. The van der Waals surface area contributed by atoms with Crippen molar-refractivity contribution in [1.29, 1.82) is 0 Å². The van der Waals surface area contributed by atoms with Gasteiger partial charge in [0.25, 0.3) is 0 Å². The van der Waals surface area contributed by atoms with Crippen LogP contribution in [0.25, 0.3) is 27.0 Å². The fourth-order valence-corrected chi connectivity index (χ4v) is 7.13. The summed E-state index contributed by atoms with van der Waals surface area (Å²) in [5.41, 5.74) is 5.11. The minimum absolute atomic E-state index is 0.215. The molecule has 0 unspecified atom stereocenters. The van der Waals surface area contributed by atoms with Gasteiger partial charge in [0.1, 0.15) is 17.2 Å². The number of allylic oxidation sites excluding steroid dienone is 2. The highest BCUT2D eigenvalue weighted by Crippen LogP contribution is 2.56. The third kappa shape index (κ3) is 3.71. The zero-order valence-corrected chi connectivity index (χ0v) is 22.1. The maximum Gasteiger partial charge on any atom is 0.186 e. The second-order valence-electron chi connectivity index (χ2n) is 10.0. The zero-order valence-electron chi connectivity index (χ0n) is 19.8. The number of nitrogens with zero attached hydrogens (tertiary/aromatic N) is 4. The molecule has 0 amide bonds. The number of pyridine rings is 1. The van der Waals surface area contributed by atoms with Gasteiger partial charge >= 0.3 is 0 Å². The van der Waals surface area contributed by atoms with E-state index in [1.165, 1.54) is 5.57 Å². The van der Waals surface area contributed by atoms with Gasteiger partial charge in [-0.15, -0.1) is 0 Å². The molecule has 0 atom stereocenters. The molecule has 7 rings (SSSR count). The summed E-state index contributed by atoms with van der Waals surface area (Å²) in [4.78, 5) is 11.4. The highest BCUT2D eigenvalue weighted by Gasteiger charge is 2.44. The largest absolute Gasteiger partial charge is 0.497 e. The van der Waals surface area contributed by atoms with Crippen LogP contribution in [-0.4, -0.2) is 35.3 Å². The lowest BCUT2D eigenvalue weighted by Gasteiger charge is -2.46. The number of halogens is 2. The normalized spacial score (nSPS) is 19.0. The van der Waals surface area contributed by atoms with Crippen LogP contribution in [0.2, 0.25) is 10.0 Å². The lowest BCUT2D eigenvalue weighted by atomic mass is 9.63. The van der Waals surface area contributed by atoms with E-state index in [1.807, 2.05) is 12.1 Å². The molecule has 184 valence electrons. The Balaban J connectivity index is 1.14. The summed E-state index contributed by atoms with van der Waals surface area (Å²) in [7, 11) is 1.70. The zero-order chi connectivity index (χ0) is 24.4. The van der Waals surface area contributed by atoms with Crippen LogP contribution in [0.3, 0.4) is 0 Å². The lowest BCUT2D eigenvalue weighted by Crippen LogP contribution is -2.42. The van der Waals surface area contributed by atoms with Crippen LogP contribution < -0.4 is 9.64 Å². The third-order valence-electron chi connectivity index (χ3n) is 7.71. The first-order valence-electron chi connectivity index (χ1n) is 12.2. The van der Waals surface area contributed by atoms with Gasteiger partial charge in [0, 0.05) is 42.5 Å². The van der Waals surface area contributed by atoms with E-state index in [1.54, 1.807) is 30.8 Å². The minimum Gasteiger partial charge on any atom is -0.497 e. The molecule has 2 fully saturated rings. The van der Waals surface area contributed by atoms with Crippen LogP contribution in [-0.2, 0) is 0 Å². The molecule has 4 heterocycles. The summed E-state index contributed by atoms with van der Waals surface area (Å²) < 4.78 is 12.4. The topological polar surface area (TPSA) is 64.3 Å². The number of rotatable bonds is 5. The fraction of sp³-hybridized carbons (Fsp3) is 0.370. The monoisotopic (exact) mass is 538 g/mol. The van der Waals surface area contributed by atoms with Gasteiger partial charge in [0.15, 0.2) is 5.13 Å². The van der Waals surface area contributed by atoms with Gasteiger partial charge in [-0.3, -0.25) is 4.98 Å². The molecule has 1 saturated heterocycles. The van der Waals surface area contributed by atoms with Crippen molar-refractivity contribution in [3.8, 4) is 17.0 Å². The maximum atomic E-state index is 6.50. The summed E-state index contributed by atoms with van der Waals surface area (Å²) in [5, 5.41) is 6.54. The summed E-state index contributed by atoms with van der Waals surface area (Å²) in [6.45, 7) is 1.99. The molecule has 0 radical (unpaired) electrons. The van der Waals surface area contributed by atoms with Crippen LogP contribution >= 0.6 is 34.5 Å². The molecule has 3 aromatic heterocycles. The van der Waals surface area contributed by atoms with Crippen LogP contribution in [0.5, 0.6) is 5.75 Å². The summed E-state index contributed by atoms with van der Waals surface area (Å²) in [6.07, 6.45) is 11.2. The molecule has 1 aromatic carbocycles. The molecule has 6 nitrogen and oxygen atoms in total. The Labute approximate surface area is 222 Å². The van der Waals surface area contributed by atoms with Crippen LogP contribution in [0.1, 0.15) is 49.3 Å². The smallest absolute Gasteiger partial charge is 0.186 e. The Morgan fingerprint density at radius 3 is 2.56 bits per heavy atom. The quantitative estimate of drug-likeness (QED) is 0.260. The van der Waals surface area contributed by atoms with Crippen molar-refractivity contribution in [1.82, 2.24) is 15.1 Å². The molecule has 1 saturated carbocycles. The molecular weight excluding hydrogens is 515 g/mol. The Kier molecular flexibility index (Phi) is 5.31. The van der Waals surface area contributed by atoms with E-state index in [9.17, 15) is 0 Å². The first kappa shape index (κ1) is 22.6. The number of hydrogen-bond acceptors (Lipinski definition) is 7. The minimum atomic E-state index is 0.215. The maximum absolute atomic E-state index is 6.50. The van der Waals surface area contributed by atoms with Crippen molar-refractivity contribution in [3.63, 3.8) is 0 Å². The van der Waals surface area contributed by atoms with Crippen molar-refractivity contribution in [2.75, 3.05) is 25.1 Å². The van der Waals surface area contributed by atoms with Gasteiger partial charge in [-0.05, 0) is 61.3 Å². The van der Waals surface area contributed by atoms with E-state index < -0.39 is 0 Å². The van der Waals surface area contributed by atoms with Gasteiger partial charge in [0.2, 0.25) is 0 Å². The van der Waals surface area contributed by atoms with E-state index in [0.717, 1.165) is 83.3 Å². The molecule has 1 aliphatic heterocycles. The molecule has 9 heteroatoms. The highest BCUT2D eigenvalue weighted by molar-refractivity contribution is 7.22. The molecule has 0 N–H and O–H groups in total. The summed E-state index contributed by atoms with van der Waals surface area (Å²) >= 11 is 14.7. The van der Waals surface area contributed by atoms with Crippen molar-refractivity contribution in [2.45, 2.75) is 38.0 Å². The number of methoxy groups -OCH3 is 1. The standard InChI is InChI=1S/C27H24Cl2N4O2S/c1-34-17-4-5-20-21(10-17)36-26(31-20)33-8-6-27(7-9-33)11-16(12-27)22-24(32-35-25(22)15-2-3-15)23-18(28)13-30-14-19(23)29/h4-5,10-11,13-15H,2-3,6-9,12H2,1H3. The predicted octanol–water partition coefficient (Wildman–Crippen LogP) is 7.61. The Bertz CT molecular complexity index is 1500. The Morgan fingerprint density at radius 1 is 1.11 bits per heavy atom. The van der Waals surface area contributed by atoms with Crippen LogP contribution in [0.4, 0.5) is 5.13 Å². The second kappa shape index (κ2) is 8.47. The SMILES string of the molecule is COc1ccc2nc(N3CCC4(C=C(c5c(-c6c(Cl)cncc6Cl)noc5C5CC5)C4)CC3)sc2c1. The fourth-order valence-electron chi connectivity index (χ4n) is 5.55. The van der Waals surface area contributed by atoms with Crippen molar-refractivity contribution in [3.05, 3.63) is 58.0 Å². The van der Waals surface area contributed by atoms with E-state index in [-0.39, 0.29) is 5.41 Å². The van der Waals surface area contributed by atoms with Gasteiger partial charge < -0.3 is 14.2 Å².